The van der Waals surface area contributed by atoms with Crippen molar-refractivity contribution in [3.63, 3.8) is 0 Å². The molecule has 0 saturated heterocycles. The molecule has 0 aliphatic heterocycles. The number of benzene rings is 1. The van der Waals surface area contributed by atoms with E-state index in [9.17, 15) is 0 Å². The summed E-state index contributed by atoms with van der Waals surface area (Å²) in [6.45, 7) is 0. The Bertz CT molecular complexity index is 553. The fourth-order valence-corrected chi connectivity index (χ4v) is 2.79. The highest BCUT2D eigenvalue weighted by molar-refractivity contribution is 7.71. The van der Waals surface area contributed by atoms with E-state index in [0.717, 1.165) is 11.2 Å². The molecule has 0 saturated carbocycles. The van der Waals surface area contributed by atoms with E-state index < -0.39 is 0 Å². The van der Waals surface area contributed by atoms with E-state index in [1.165, 1.54) is 29.7 Å². The highest BCUT2D eigenvalue weighted by atomic mass is 32.1. The maximum Gasteiger partial charge on any atom is 0.174 e. The summed E-state index contributed by atoms with van der Waals surface area (Å²) in [6.07, 6.45) is 5.52. The maximum atomic E-state index is 5.04. The number of imidazole rings is 1. The maximum absolute atomic E-state index is 5.04. The van der Waals surface area contributed by atoms with Crippen LogP contribution in [-0.4, -0.2) is 9.97 Å². The summed E-state index contributed by atoms with van der Waals surface area (Å²) < 4.78 is 0.723. The SMILES string of the molecule is S=c1[nH]cc(CC2CCc3ccccc32)[nH]1. The minimum Gasteiger partial charge on any atom is -0.337 e. The normalized spacial score (nSPS) is 18.6. The molecule has 1 heterocycles. The van der Waals surface area contributed by atoms with Crippen molar-refractivity contribution in [1.29, 1.82) is 0 Å². The molecule has 1 aromatic heterocycles. The zero-order valence-electron chi connectivity index (χ0n) is 8.99. The van der Waals surface area contributed by atoms with Crippen LogP contribution in [0.25, 0.3) is 0 Å². The van der Waals surface area contributed by atoms with Gasteiger partial charge in [0.15, 0.2) is 4.77 Å². The lowest BCUT2D eigenvalue weighted by molar-refractivity contribution is 0.665. The fraction of sp³-hybridized carbons (Fsp3) is 0.308. The molecule has 3 rings (SSSR count). The second-order valence-electron chi connectivity index (χ2n) is 4.41. The molecule has 2 nitrogen and oxygen atoms in total. The lowest BCUT2D eigenvalue weighted by atomic mass is 9.97. The lowest BCUT2D eigenvalue weighted by Crippen LogP contribution is -1.98. The molecule has 1 atom stereocenters. The third-order valence-electron chi connectivity index (χ3n) is 3.37. The van der Waals surface area contributed by atoms with Crippen LogP contribution < -0.4 is 0 Å². The van der Waals surface area contributed by atoms with Gasteiger partial charge in [0.25, 0.3) is 0 Å². The van der Waals surface area contributed by atoms with Gasteiger partial charge in [-0.1, -0.05) is 24.3 Å². The van der Waals surface area contributed by atoms with Crippen molar-refractivity contribution in [1.82, 2.24) is 9.97 Å². The average molecular weight is 230 g/mol. The van der Waals surface area contributed by atoms with Gasteiger partial charge in [0, 0.05) is 11.9 Å². The largest absolute Gasteiger partial charge is 0.337 e. The smallest absolute Gasteiger partial charge is 0.174 e. The predicted molar refractivity (Wildman–Crippen MR) is 67.2 cm³/mol. The standard InChI is InChI=1S/C13H14N2S/c16-13-14-8-11(15-13)7-10-6-5-9-3-1-2-4-12(9)10/h1-4,8,10H,5-7H2,(H2,14,15,16). The summed E-state index contributed by atoms with van der Waals surface area (Å²) in [5, 5.41) is 0. The molecular formula is C13H14N2S. The molecule has 16 heavy (non-hydrogen) atoms. The Labute approximate surface area is 99.7 Å². The Balaban J connectivity index is 1.86. The predicted octanol–water partition coefficient (Wildman–Crippen LogP) is 3.34. The van der Waals surface area contributed by atoms with E-state index in [4.69, 9.17) is 12.2 Å². The Kier molecular flexibility index (Phi) is 2.40. The van der Waals surface area contributed by atoms with Gasteiger partial charge < -0.3 is 9.97 Å². The van der Waals surface area contributed by atoms with Crippen molar-refractivity contribution in [2.45, 2.75) is 25.2 Å². The number of aromatic nitrogens is 2. The molecule has 82 valence electrons. The summed E-state index contributed by atoms with van der Waals surface area (Å²) in [7, 11) is 0. The van der Waals surface area contributed by atoms with Crippen molar-refractivity contribution < 1.29 is 0 Å². The minimum atomic E-state index is 0.651. The average Bonchev–Trinajstić information content (AvgIpc) is 2.87. The molecule has 1 aliphatic carbocycles. The van der Waals surface area contributed by atoms with E-state index in [1.54, 1.807) is 0 Å². The second-order valence-corrected chi connectivity index (χ2v) is 4.81. The van der Waals surface area contributed by atoms with Crippen LogP contribution in [0.1, 0.15) is 29.2 Å². The fourth-order valence-electron chi connectivity index (χ4n) is 2.60. The van der Waals surface area contributed by atoms with Crippen LogP contribution in [0, 0.1) is 4.77 Å². The topological polar surface area (TPSA) is 31.6 Å². The van der Waals surface area contributed by atoms with Crippen LogP contribution in [0.3, 0.4) is 0 Å². The molecule has 1 aromatic carbocycles. The number of hydrogen-bond acceptors (Lipinski definition) is 1. The van der Waals surface area contributed by atoms with E-state index in [-0.39, 0.29) is 0 Å². The quantitative estimate of drug-likeness (QED) is 0.762. The van der Waals surface area contributed by atoms with Crippen LogP contribution in [0.2, 0.25) is 0 Å². The molecule has 0 bridgehead atoms. The first-order valence-corrected chi connectivity index (χ1v) is 6.08. The number of hydrogen-bond donors (Lipinski definition) is 2. The Morgan fingerprint density at radius 2 is 2.19 bits per heavy atom. The molecule has 3 heteroatoms. The van der Waals surface area contributed by atoms with Crippen molar-refractivity contribution in [2.75, 3.05) is 0 Å². The van der Waals surface area contributed by atoms with Crippen LogP contribution in [0.5, 0.6) is 0 Å². The summed E-state index contributed by atoms with van der Waals surface area (Å²) in [5.41, 5.74) is 4.25. The number of nitrogens with one attached hydrogen (secondary N) is 2. The number of aryl methyl sites for hydroxylation is 1. The zero-order chi connectivity index (χ0) is 11.0. The molecule has 1 aliphatic rings. The van der Waals surface area contributed by atoms with Crippen molar-refractivity contribution in [3.8, 4) is 0 Å². The summed E-state index contributed by atoms with van der Waals surface area (Å²) in [5.74, 6) is 0.651. The molecular weight excluding hydrogens is 216 g/mol. The molecule has 2 N–H and O–H groups in total. The number of rotatable bonds is 2. The molecule has 0 radical (unpaired) electrons. The Hall–Kier alpha value is -1.35. The summed E-state index contributed by atoms with van der Waals surface area (Å²) >= 11 is 5.04. The second kappa shape index (κ2) is 3.91. The van der Waals surface area contributed by atoms with E-state index in [2.05, 4.69) is 34.2 Å². The number of H-pyrrole nitrogens is 2. The zero-order valence-corrected chi connectivity index (χ0v) is 9.81. The van der Waals surface area contributed by atoms with Gasteiger partial charge in [0.1, 0.15) is 0 Å². The molecule has 1 unspecified atom stereocenters. The van der Waals surface area contributed by atoms with Gasteiger partial charge in [-0.25, -0.2) is 0 Å². The molecule has 2 aromatic rings. The van der Waals surface area contributed by atoms with Gasteiger partial charge in [0.2, 0.25) is 0 Å². The van der Waals surface area contributed by atoms with Gasteiger partial charge in [0.05, 0.1) is 0 Å². The first-order valence-electron chi connectivity index (χ1n) is 5.67. The van der Waals surface area contributed by atoms with Crippen molar-refractivity contribution >= 4 is 12.2 Å². The molecule has 0 fully saturated rings. The third-order valence-corrected chi connectivity index (χ3v) is 3.59. The van der Waals surface area contributed by atoms with Crippen LogP contribution >= 0.6 is 12.2 Å². The third kappa shape index (κ3) is 1.71. The van der Waals surface area contributed by atoms with Gasteiger partial charge in [-0.05, 0) is 48.5 Å². The number of fused-ring (bicyclic) bond motifs is 1. The number of aromatic amines is 2. The lowest BCUT2D eigenvalue weighted by Gasteiger charge is -2.09. The van der Waals surface area contributed by atoms with Crippen molar-refractivity contribution in [2.24, 2.45) is 0 Å². The summed E-state index contributed by atoms with van der Waals surface area (Å²) in [4.78, 5) is 6.22. The van der Waals surface area contributed by atoms with Gasteiger partial charge in [-0.3, -0.25) is 0 Å². The first-order chi connectivity index (χ1) is 7.83. The minimum absolute atomic E-state index is 0.651. The van der Waals surface area contributed by atoms with Gasteiger partial charge >= 0.3 is 0 Å². The monoisotopic (exact) mass is 230 g/mol. The van der Waals surface area contributed by atoms with E-state index in [1.807, 2.05) is 6.20 Å². The van der Waals surface area contributed by atoms with Crippen LogP contribution in [-0.2, 0) is 12.8 Å². The van der Waals surface area contributed by atoms with Gasteiger partial charge in [-0.15, -0.1) is 0 Å². The van der Waals surface area contributed by atoms with Crippen LogP contribution in [0.15, 0.2) is 30.5 Å². The van der Waals surface area contributed by atoms with E-state index in [0.29, 0.717) is 5.92 Å². The van der Waals surface area contributed by atoms with E-state index >= 15 is 0 Å². The highest BCUT2D eigenvalue weighted by Crippen LogP contribution is 2.34. The van der Waals surface area contributed by atoms with Crippen LogP contribution in [0.4, 0.5) is 0 Å². The van der Waals surface area contributed by atoms with Gasteiger partial charge in [-0.2, -0.15) is 0 Å². The highest BCUT2D eigenvalue weighted by Gasteiger charge is 2.22. The Morgan fingerprint density at radius 3 is 3.00 bits per heavy atom. The van der Waals surface area contributed by atoms with Crippen molar-refractivity contribution in [3.05, 3.63) is 52.1 Å². The first kappa shape index (κ1) is 9.85. The molecule has 0 spiro atoms. The summed E-state index contributed by atoms with van der Waals surface area (Å²) in [6, 6.07) is 8.77. The molecule has 0 amide bonds. The Morgan fingerprint density at radius 1 is 1.31 bits per heavy atom.